The summed E-state index contributed by atoms with van der Waals surface area (Å²) in [5, 5.41) is 22.9. The molecule has 7 N–H and O–H groups in total. The fourth-order valence-corrected chi connectivity index (χ4v) is 6.35. The lowest BCUT2D eigenvalue weighted by Gasteiger charge is -2.31. The molecule has 1 aliphatic rings. The van der Waals surface area contributed by atoms with Crippen molar-refractivity contribution in [2.45, 2.75) is 130 Å². The van der Waals surface area contributed by atoms with Gasteiger partial charge in [0.25, 0.3) is 0 Å². The van der Waals surface area contributed by atoms with Crippen LogP contribution in [-0.4, -0.2) is 107 Å². The van der Waals surface area contributed by atoms with Gasteiger partial charge in [-0.15, -0.1) is 5.10 Å². The SMILES string of the molecule is CC(C)NCc1cn(CCOCCN2CCC(CCCC(=O)N[C@H](C(=O)N[C@@H](CCCNC(N)=O)C(=O)Nc3ccc(COC(C)C)cc3)C(C)C)CC2)nn1. The van der Waals surface area contributed by atoms with Gasteiger partial charge in [-0.3, -0.25) is 14.4 Å². The molecule has 1 aromatic heterocycles. The largest absolute Gasteiger partial charge is 0.378 e. The van der Waals surface area contributed by atoms with Crippen molar-refractivity contribution >= 4 is 29.4 Å². The van der Waals surface area contributed by atoms with E-state index in [0.29, 0.717) is 63.4 Å². The molecule has 0 spiro atoms. The van der Waals surface area contributed by atoms with Crippen molar-refractivity contribution in [3.05, 3.63) is 41.7 Å². The number of hydrogen-bond acceptors (Lipinski definition) is 10. The highest BCUT2D eigenvalue weighted by molar-refractivity contribution is 5.98. The third-order valence-electron chi connectivity index (χ3n) is 9.69. The zero-order valence-electron chi connectivity index (χ0n) is 34.5. The first-order valence-corrected chi connectivity index (χ1v) is 20.4. The zero-order valence-corrected chi connectivity index (χ0v) is 34.5. The quantitative estimate of drug-likeness (QED) is 0.0768. The second kappa shape index (κ2) is 25.2. The first-order chi connectivity index (χ1) is 26.8. The topological polar surface area (TPSA) is 207 Å². The number of nitrogens with one attached hydrogen (secondary N) is 5. The van der Waals surface area contributed by atoms with Crippen molar-refractivity contribution in [3.63, 3.8) is 0 Å². The number of nitrogens with zero attached hydrogens (tertiary/aromatic N) is 4. The van der Waals surface area contributed by atoms with Gasteiger partial charge in [0.2, 0.25) is 17.7 Å². The van der Waals surface area contributed by atoms with Crippen LogP contribution in [-0.2, 0) is 43.6 Å². The number of amides is 5. The van der Waals surface area contributed by atoms with Crippen molar-refractivity contribution in [2.24, 2.45) is 17.6 Å². The molecule has 1 aromatic carbocycles. The van der Waals surface area contributed by atoms with Crippen LogP contribution >= 0.6 is 0 Å². The van der Waals surface area contributed by atoms with E-state index in [1.165, 1.54) is 0 Å². The van der Waals surface area contributed by atoms with Crippen molar-refractivity contribution in [2.75, 3.05) is 44.7 Å². The molecular weight excluding hydrogens is 717 g/mol. The maximum atomic E-state index is 13.5. The molecule has 3 rings (SSSR count). The molecule has 0 bridgehead atoms. The second-order valence-electron chi connectivity index (χ2n) is 15.6. The number of benzene rings is 1. The van der Waals surface area contributed by atoms with E-state index in [2.05, 4.69) is 55.6 Å². The van der Waals surface area contributed by atoms with Crippen LogP contribution in [0.25, 0.3) is 0 Å². The van der Waals surface area contributed by atoms with E-state index in [9.17, 15) is 19.2 Å². The van der Waals surface area contributed by atoms with Gasteiger partial charge < -0.3 is 46.7 Å². The molecule has 2 atom stereocenters. The van der Waals surface area contributed by atoms with Gasteiger partial charge in [-0.1, -0.05) is 45.0 Å². The van der Waals surface area contributed by atoms with Crippen LogP contribution < -0.4 is 32.3 Å². The van der Waals surface area contributed by atoms with Gasteiger partial charge in [-0.25, -0.2) is 9.48 Å². The van der Waals surface area contributed by atoms with Crippen molar-refractivity contribution < 1.29 is 28.7 Å². The highest BCUT2D eigenvalue weighted by Crippen LogP contribution is 2.22. The average molecular weight is 785 g/mol. The summed E-state index contributed by atoms with van der Waals surface area (Å²) in [6.45, 7) is 18.1. The minimum absolute atomic E-state index is 0.101. The lowest BCUT2D eigenvalue weighted by atomic mass is 9.91. The number of urea groups is 1. The number of primary amides is 1. The van der Waals surface area contributed by atoms with Crippen LogP contribution in [0.3, 0.4) is 0 Å². The fraction of sp³-hybridized carbons (Fsp3) is 0.700. The highest BCUT2D eigenvalue weighted by Gasteiger charge is 2.29. The van der Waals surface area contributed by atoms with Crippen molar-refractivity contribution in [1.82, 2.24) is 41.2 Å². The summed E-state index contributed by atoms with van der Waals surface area (Å²) in [5.41, 5.74) is 7.66. The Morgan fingerprint density at radius 1 is 0.929 bits per heavy atom. The molecule has 2 heterocycles. The Labute approximate surface area is 333 Å². The molecule has 1 fully saturated rings. The number of nitrogens with two attached hydrogens (primary N) is 1. The first-order valence-electron chi connectivity index (χ1n) is 20.4. The predicted molar refractivity (Wildman–Crippen MR) is 216 cm³/mol. The molecule has 1 aliphatic heterocycles. The summed E-state index contributed by atoms with van der Waals surface area (Å²) in [6, 6.07) is 5.34. The number of ether oxygens (including phenoxy) is 2. The standard InChI is InChI=1S/C40H68N10O6/c1-28(2)37(39(53)45-35(10-8-18-42-40(41)54)38(52)44-33-14-12-32(13-15-33)27-56-30(5)6)46-36(51)11-7-9-31-16-19-49(20-17-31)21-23-55-24-22-50-26-34(47-48-50)25-43-29(3)4/h12-15,26,28-31,35,37,43H,7-11,16-25,27H2,1-6H3,(H,44,52)(H,45,53)(H,46,51)(H3,41,42,54)/t35-,37-/m0/s1. The minimum atomic E-state index is -0.901. The van der Waals surface area contributed by atoms with Gasteiger partial charge in [-0.05, 0) is 95.0 Å². The molecule has 2 aromatic rings. The summed E-state index contributed by atoms with van der Waals surface area (Å²) in [5.74, 6) is -0.667. The van der Waals surface area contributed by atoms with Crippen LogP contribution in [0.15, 0.2) is 30.5 Å². The van der Waals surface area contributed by atoms with Gasteiger partial charge in [0.15, 0.2) is 0 Å². The maximum absolute atomic E-state index is 13.5. The van der Waals surface area contributed by atoms with Crippen molar-refractivity contribution in [1.29, 1.82) is 0 Å². The summed E-state index contributed by atoms with van der Waals surface area (Å²) >= 11 is 0. The Morgan fingerprint density at radius 2 is 1.64 bits per heavy atom. The zero-order chi connectivity index (χ0) is 40.9. The molecule has 0 saturated carbocycles. The van der Waals surface area contributed by atoms with E-state index in [4.69, 9.17) is 15.2 Å². The number of carbonyl (C=O) groups is 4. The second-order valence-corrected chi connectivity index (χ2v) is 15.6. The third-order valence-corrected chi connectivity index (χ3v) is 9.69. The molecule has 16 nitrogen and oxygen atoms in total. The van der Waals surface area contributed by atoms with E-state index in [1.807, 2.05) is 50.7 Å². The Kier molecular flexibility index (Phi) is 20.8. The predicted octanol–water partition coefficient (Wildman–Crippen LogP) is 3.31. The van der Waals surface area contributed by atoms with Crippen LogP contribution in [0.5, 0.6) is 0 Å². The van der Waals surface area contributed by atoms with E-state index < -0.39 is 29.9 Å². The van der Waals surface area contributed by atoms with E-state index in [0.717, 1.165) is 56.6 Å². The molecule has 16 heteroatoms. The Morgan fingerprint density at radius 3 is 2.30 bits per heavy atom. The monoisotopic (exact) mass is 785 g/mol. The Balaban J connectivity index is 1.37. The molecule has 0 unspecified atom stereocenters. The summed E-state index contributed by atoms with van der Waals surface area (Å²) in [4.78, 5) is 53.6. The van der Waals surface area contributed by atoms with Crippen LogP contribution in [0, 0.1) is 11.8 Å². The summed E-state index contributed by atoms with van der Waals surface area (Å²) < 4.78 is 13.3. The number of piperidine rings is 1. The van der Waals surface area contributed by atoms with E-state index >= 15 is 0 Å². The summed E-state index contributed by atoms with van der Waals surface area (Å²) in [7, 11) is 0. The number of hydrogen-bond donors (Lipinski definition) is 6. The van der Waals surface area contributed by atoms with Crippen LogP contribution in [0.4, 0.5) is 10.5 Å². The molecule has 314 valence electrons. The molecular formula is C40H68N10O6. The number of carbonyl (C=O) groups excluding carboxylic acids is 4. The van der Waals surface area contributed by atoms with E-state index in [1.54, 1.807) is 12.1 Å². The van der Waals surface area contributed by atoms with Gasteiger partial charge in [0.05, 0.1) is 38.2 Å². The van der Waals surface area contributed by atoms with Crippen LogP contribution in [0.1, 0.15) is 97.7 Å². The van der Waals surface area contributed by atoms with Gasteiger partial charge >= 0.3 is 6.03 Å². The number of likely N-dealkylation sites (tertiary alicyclic amines) is 1. The lowest BCUT2D eigenvalue weighted by molar-refractivity contribution is -0.132. The Hall–Kier alpha value is -4.12. The minimum Gasteiger partial charge on any atom is -0.378 e. The van der Waals surface area contributed by atoms with Gasteiger partial charge in [0, 0.05) is 44.0 Å². The average Bonchev–Trinajstić information content (AvgIpc) is 3.61. The molecule has 5 amide bonds. The lowest BCUT2D eigenvalue weighted by Crippen LogP contribution is -2.54. The normalized spacial score (nSPS) is 14.9. The highest BCUT2D eigenvalue weighted by atomic mass is 16.5. The molecule has 1 saturated heterocycles. The molecule has 0 aliphatic carbocycles. The first kappa shape index (κ1) is 46.3. The van der Waals surface area contributed by atoms with Crippen LogP contribution in [0.2, 0.25) is 0 Å². The number of anilines is 1. The fourth-order valence-electron chi connectivity index (χ4n) is 6.35. The number of aromatic nitrogens is 3. The smallest absolute Gasteiger partial charge is 0.312 e. The summed E-state index contributed by atoms with van der Waals surface area (Å²) in [6.07, 6.45) is 6.90. The van der Waals surface area contributed by atoms with E-state index in [-0.39, 0.29) is 30.9 Å². The molecule has 56 heavy (non-hydrogen) atoms. The van der Waals surface area contributed by atoms with Crippen molar-refractivity contribution in [3.8, 4) is 0 Å². The van der Waals surface area contributed by atoms with Gasteiger partial charge in [0.1, 0.15) is 12.1 Å². The Bertz CT molecular complexity index is 1460. The maximum Gasteiger partial charge on any atom is 0.312 e. The third kappa shape index (κ3) is 18.7. The molecule has 0 radical (unpaired) electrons. The number of rotatable bonds is 26. The van der Waals surface area contributed by atoms with Gasteiger partial charge in [-0.2, -0.15) is 0 Å².